The van der Waals surface area contributed by atoms with Crippen molar-refractivity contribution in [2.75, 3.05) is 20.3 Å². The Morgan fingerprint density at radius 2 is 2.06 bits per heavy atom. The SMILES string of the molecule is COCC(C)NC(=O)N(CC(=O)O)C1CCCC1. The first kappa shape index (κ1) is 14.8. The van der Waals surface area contributed by atoms with Gasteiger partial charge in [-0.25, -0.2) is 4.79 Å². The second kappa shape index (κ2) is 7.20. The Balaban J connectivity index is 2.57. The van der Waals surface area contributed by atoms with Crippen LogP contribution in [0.15, 0.2) is 0 Å². The first-order valence-electron chi connectivity index (χ1n) is 6.32. The molecule has 0 radical (unpaired) electrons. The minimum absolute atomic E-state index is 0.0517. The van der Waals surface area contributed by atoms with E-state index in [2.05, 4.69) is 5.32 Å². The summed E-state index contributed by atoms with van der Waals surface area (Å²) in [5.74, 6) is -0.976. The highest BCUT2D eigenvalue weighted by Crippen LogP contribution is 2.23. The zero-order valence-corrected chi connectivity index (χ0v) is 11.0. The maximum Gasteiger partial charge on any atom is 0.323 e. The van der Waals surface area contributed by atoms with Crippen molar-refractivity contribution in [2.24, 2.45) is 0 Å². The van der Waals surface area contributed by atoms with Crippen LogP contribution in [-0.2, 0) is 9.53 Å². The van der Waals surface area contributed by atoms with Crippen LogP contribution in [0, 0.1) is 0 Å². The van der Waals surface area contributed by atoms with Crippen molar-refractivity contribution < 1.29 is 19.4 Å². The van der Waals surface area contributed by atoms with E-state index in [-0.39, 0.29) is 24.7 Å². The van der Waals surface area contributed by atoms with Gasteiger partial charge in [0.1, 0.15) is 6.54 Å². The Labute approximate surface area is 107 Å². The van der Waals surface area contributed by atoms with Crippen LogP contribution in [0.2, 0.25) is 0 Å². The number of aliphatic carboxylic acids is 1. The zero-order valence-electron chi connectivity index (χ0n) is 11.0. The maximum atomic E-state index is 12.0. The van der Waals surface area contributed by atoms with Crippen molar-refractivity contribution in [1.82, 2.24) is 10.2 Å². The predicted molar refractivity (Wildman–Crippen MR) is 66.5 cm³/mol. The van der Waals surface area contributed by atoms with Crippen molar-refractivity contribution in [3.05, 3.63) is 0 Å². The molecule has 0 bridgehead atoms. The van der Waals surface area contributed by atoms with E-state index in [1.54, 1.807) is 7.11 Å². The molecule has 1 rings (SSSR count). The number of hydrogen-bond acceptors (Lipinski definition) is 3. The summed E-state index contributed by atoms with van der Waals surface area (Å²) in [4.78, 5) is 24.3. The molecule has 0 spiro atoms. The molecule has 1 aliphatic carbocycles. The van der Waals surface area contributed by atoms with E-state index in [1.165, 1.54) is 4.90 Å². The van der Waals surface area contributed by atoms with Crippen LogP contribution in [0.1, 0.15) is 32.6 Å². The Morgan fingerprint density at radius 1 is 1.44 bits per heavy atom. The van der Waals surface area contributed by atoms with Gasteiger partial charge in [-0.2, -0.15) is 0 Å². The summed E-state index contributed by atoms with van der Waals surface area (Å²) in [7, 11) is 1.56. The van der Waals surface area contributed by atoms with Crippen LogP contribution in [0.5, 0.6) is 0 Å². The number of carboxylic acids is 1. The lowest BCUT2D eigenvalue weighted by atomic mass is 10.2. The Hall–Kier alpha value is -1.30. The molecule has 1 aliphatic rings. The minimum Gasteiger partial charge on any atom is -0.480 e. The van der Waals surface area contributed by atoms with Gasteiger partial charge < -0.3 is 20.1 Å². The third-order valence-corrected chi connectivity index (χ3v) is 3.12. The van der Waals surface area contributed by atoms with E-state index in [1.807, 2.05) is 6.92 Å². The Bertz CT molecular complexity index is 290. The highest BCUT2D eigenvalue weighted by Gasteiger charge is 2.28. The van der Waals surface area contributed by atoms with Crippen LogP contribution in [-0.4, -0.2) is 54.4 Å². The summed E-state index contributed by atoms with van der Waals surface area (Å²) in [6, 6.07) is -0.384. The molecule has 0 aromatic heterocycles. The van der Waals surface area contributed by atoms with Crippen LogP contribution < -0.4 is 5.32 Å². The second-order valence-electron chi connectivity index (χ2n) is 4.77. The number of carbonyl (C=O) groups excluding carboxylic acids is 1. The third-order valence-electron chi connectivity index (χ3n) is 3.12. The number of hydrogen-bond donors (Lipinski definition) is 2. The number of rotatable bonds is 6. The van der Waals surface area contributed by atoms with Gasteiger partial charge in [-0.1, -0.05) is 12.8 Å². The molecule has 1 atom stereocenters. The van der Waals surface area contributed by atoms with Gasteiger partial charge in [0.15, 0.2) is 0 Å². The molecule has 1 fully saturated rings. The molecular weight excluding hydrogens is 236 g/mol. The molecule has 6 heteroatoms. The van der Waals surface area contributed by atoms with Gasteiger partial charge in [0.25, 0.3) is 0 Å². The average Bonchev–Trinajstić information content (AvgIpc) is 2.78. The van der Waals surface area contributed by atoms with Gasteiger partial charge in [-0.15, -0.1) is 0 Å². The molecule has 18 heavy (non-hydrogen) atoms. The number of carbonyl (C=O) groups is 2. The van der Waals surface area contributed by atoms with Gasteiger partial charge in [0.05, 0.1) is 12.6 Å². The van der Waals surface area contributed by atoms with Crippen LogP contribution in [0.3, 0.4) is 0 Å². The van der Waals surface area contributed by atoms with Crippen molar-refractivity contribution in [3.8, 4) is 0 Å². The molecule has 0 heterocycles. The number of amides is 2. The summed E-state index contributed by atoms with van der Waals surface area (Å²) in [6.07, 6.45) is 3.89. The quantitative estimate of drug-likeness (QED) is 0.746. The molecular formula is C12H22N2O4. The van der Waals surface area contributed by atoms with Crippen molar-refractivity contribution in [2.45, 2.75) is 44.7 Å². The van der Waals surface area contributed by atoms with Crippen LogP contribution in [0.25, 0.3) is 0 Å². The monoisotopic (exact) mass is 258 g/mol. The number of methoxy groups -OCH3 is 1. The van der Waals surface area contributed by atoms with E-state index >= 15 is 0 Å². The number of ether oxygens (including phenoxy) is 1. The smallest absolute Gasteiger partial charge is 0.323 e. The normalized spacial score (nSPS) is 17.4. The molecule has 1 saturated carbocycles. The molecule has 104 valence electrons. The molecule has 0 aromatic rings. The van der Waals surface area contributed by atoms with Crippen molar-refractivity contribution >= 4 is 12.0 Å². The maximum absolute atomic E-state index is 12.0. The fraction of sp³-hybridized carbons (Fsp3) is 0.833. The average molecular weight is 258 g/mol. The topological polar surface area (TPSA) is 78.9 Å². The van der Waals surface area contributed by atoms with Gasteiger partial charge in [0, 0.05) is 13.2 Å². The summed E-state index contributed by atoms with van der Waals surface area (Å²) in [5.41, 5.74) is 0. The largest absolute Gasteiger partial charge is 0.480 e. The minimum atomic E-state index is -0.976. The molecule has 2 N–H and O–H groups in total. The Kier molecular flexibility index (Phi) is 5.91. The molecule has 0 saturated heterocycles. The molecule has 0 aromatic carbocycles. The lowest BCUT2D eigenvalue weighted by Gasteiger charge is -2.28. The van der Waals surface area contributed by atoms with Gasteiger partial charge in [-0.3, -0.25) is 4.79 Å². The first-order valence-corrected chi connectivity index (χ1v) is 6.32. The van der Waals surface area contributed by atoms with Crippen molar-refractivity contribution in [1.29, 1.82) is 0 Å². The van der Waals surface area contributed by atoms with E-state index < -0.39 is 5.97 Å². The van der Waals surface area contributed by atoms with E-state index in [0.717, 1.165) is 25.7 Å². The number of urea groups is 1. The zero-order chi connectivity index (χ0) is 13.5. The summed E-state index contributed by atoms with van der Waals surface area (Å²) >= 11 is 0. The summed E-state index contributed by atoms with van der Waals surface area (Å²) in [6.45, 7) is 2.00. The number of nitrogens with zero attached hydrogens (tertiary/aromatic N) is 1. The fourth-order valence-corrected chi connectivity index (χ4v) is 2.31. The molecule has 0 aliphatic heterocycles. The van der Waals surface area contributed by atoms with Gasteiger partial charge in [-0.05, 0) is 19.8 Å². The molecule has 2 amide bonds. The lowest BCUT2D eigenvalue weighted by Crippen LogP contribution is -2.50. The fourth-order valence-electron chi connectivity index (χ4n) is 2.31. The number of nitrogens with one attached hydrogen (secondary N) is 1. The predicted octanol–water partition coefficient (Wildman–Crippen LogP) is 1.06. The van der Waals surface area contributed by atoms with Crippen LogP contribution in [0.4, 0.5) is 4.79 Å². The highest BCUT2D eigenvalue weighted by atomic mass is 16.5. The van der Waals surface area contributed by atoms with E-state index in [9.17, 15) is 9.59 Å². The first-order chi connectivity index (χ1) is 8.54. The van der Waals surface area contributed by atoms with Crippen LogP contribution >= 0.6 is 0 Å². The van der Waals surface area contributed by atoms with Crippen molar-refractivity contribution in [3.63, 3.8) is 0 Å². The van der Waals surface area contributed by atoms with Gasteiger partial charge >= 0.3 is 12.0 Å². The summed E-state index contributed by atoms with van der Waals surface area (Å²) < 4.78 is 4.94. The second-order valence-corrected chi connectivity index (χ2v) is 4.77. The standard InChI is InChI=1S/C12H22N2O4/c1-9(8-18-2)13-12(17)14(7-11(15)16)10-5-3-4-6-10/h9-10H,3-8H2,1-2H3,(H,13,17)(H,15,16). The van der Waals surface area contributed by atoms with Gasteiger partial charge in [0.2, 0.25) is 0 Å². The number of carboxylic acid groups (broad SMARTS) is 1. The van der Waals surface area contributed by atoms with E-state index in [4.69, 9.17) is 9.84 Å². The molecule has 6 nitrogen and oxygen atoms in total. The van der Waals surface area contributed by atoms with E-state index in [0.29, 0.717) is 6.61 Å². The highest BCUT2D eigenvalue weighted by molar-refractivity contribution is 5.80. The summed E-state index contributed by atoms with van der Waals surface area (Å²) in [5, 5.41) is 11.6. The third kappa shape index (κ3) is 4.52. The molecule has 1 unspecified atom stereocenters. The lowest BCUT2D eigenvalue weighted by molar-refractivity contribution is -0.138. The Morgan fingerprint density at radius 3 is 2.56 bits per heavy atom.